The molecule has 0 unspecified atom stereocenters. The van der Waals surface area contributed by atoms with Crippen LogP contribution < -0.4 is 9.64 Å². The maximum absolute atomic E-state index is 12.7. The summed E-state index contributed by atoms with van der Waals surface area (Å²) in [7, 11) is 1.65. The number of hydrogen-bond donors (Lipinski definition) is 0. The lowest BCUT2D eigenvalue weighted by atomic mass is 10.2. The molecular formula is C20H18N2O2S. The summed E-state index contributed by atoms with van der Waals surface area (Å²) in [5, 5.41) is 2.87. The molecule has 1 aliphatic heterocycles. The van der Waals surface area contributed by atoms with Crippen LogP contribution in [0.4, 0.5) is 5.69 Å². The summed E-state index contributed by atoms with van der Waals surface area (Å²) < 4.78 is 5.26. The quantitative estimate of drug-likeness (QED) is 0.715. The number of anilines is 1. The van der Waals surface area contributed by atoms with Gasteiger partial charge < -0.3 is 9.64 Å². The monoisotopic (exact) mass is 350 g/mol. The first kappa shape index (κ1) is 15.8. The van der Waals surface area contributed by atoms with Crippen LogP contribution in [-0.2, 0) is 17.6 Å². The second-order valence-corrected chi connectivity index (χ2v) is 6.83. The average molecular weight is 350 g/mol. The van der Waals surface area contributed by atoms with Gasteiger partial charge in [-0.1, -0.05) is 30.3 Å². The van der Waals surface area contributed by atoms with E-state index in [1.54, 1.807) is 18.4 Å². The van der Waals surface area contributed by atoms with Gasteiger partial charge in [0.1, 0.15) is 10.8 Å². The van der Waals surface area contributed by atoms with Crippen LogP contribution in [0.5, 0.6) is 5.75 Å². The molecule has 1 aromatic heterocycles. The molecule has 0 spiro atoms. The van der Waals surface area contributed by atoms with Gasteiger partial charge in [-0.15, -0.1) is 11.3 Å². The van der Waals surface area contributed by atoms with Crippen molar-refractivity contribution in [2.24, 2.45) is 0 Å². The largest absolute Gasteiger partial charge is 0.497 e. The molecule has 3 aromatic rings. The minimum absolute atomic E-state index is 0.104. The molecule has 0 radical (unpaired) electrons. The Labute approximate surface area is 150 Å². The number of hydrogen-bond acceptors (Lipinski definition) is 4. The number of carbonyl (C=O) groups excluding carboxylic acids is 1. The van der Waals surface area contributed by atoms with Crippen LogP contribution in [0, 0.1) is 0 Å². The first-order valence-corrected chi connectivity index (χ1v) is 9.09. The highest BCUT2D eigenvalue weighted by atomic mass is 32.1. The fraction of sp³-hybridized carbons (Fsp3) is 0.200. The van der Waals surface area contributed by atoms with Crippen molar-refractivity contribution in [3.05, 3.63) is 65.2 Å². The Morgan fingerprint density at radius 1 is 1.24 bits per heavy atom. The molecule has 1 aliphatic rings. The SMILES string of the molecule is COc1cccc(-c2nc(CC(=O)N3CCc4ccccc43)cs2)c1. The van der Waals surface area contributed by atoms with E-state index < -0.39 is 0 Å². The van der Waals surface area contributed by atoms with Crippen LogP contribution in [0.2, 0.25) is 0 Å². The van der Waals surface area contributed by atoms with E-state index in [1.807, 2.05) is 52.7 Å². The van der Waals surface area contributed by atoms with Gasteiger partial charge >= 0.3 is 0 Å². The lowest BCUT2D eigenvalue weighted by Crippen LogP contribution is -2.30. The maximum atomic E-state index is 12.7. The van der Waals surface area contributed by atoms with Gasteiger partial charge in [-0.25, -0.2) is 4.98 Å². The number of ether oxygens (including phenoxy) is 1. The highest BCUT2D eigenvalue weighted by Crippen LogP contribution is 2.29. The van der Waals surface area contributed by atoms with Crippen LogP contribution in [-0.4, -0.2) is 24.5 Å². The van der Waals surface area contributed by atoms with Crippen molar-refractivity contribution in [3.63, 3.8) is 0 Å². The highest BCUT2D eigenvalue weighted by Gasteiger charge is 2.24. The van der Waals surface area contributed by atoms with Crippen LogP contribution in [0.1, 0.15) is 11.3 Å². The molecule has 1 amide bonds. The van der Waals surface area contributed by atoms with Crippen molar-refractivity contribution in [2.75, 3.05) is 18.6 Å². The molecule has 0 fully saturated rings. The van der Waals surface area contributed by atoms with Gasteiger partial charge in [0.2, 0.25) is 5.91 Å². The summed E-state index contributed by atoms with van der Waals surface area (Å²) in [5.74, 6) is 0.909. The third-order valence-electron chi connectivity index (χ3n) is 4.39. The number of carbonyl (C=O) groups is 1. The number of nitrogens with zero attached hydrogens (tertiary/aromatic N) is 2. The molecule has 126 valence electrons. The Hall–Kier alpha value is -2.66. The van der Waals surface area contributed by atoms with Crippen molar-refractivity contribution in [2.45, 2.75) is 12.8 Å². The number of thiazole rings is 1. The van der Waals surface area contributed by atoms with Gasteiger partial charge in [0.15, 0.2) is 0 Å². The predicted octanol–water partition coefficient (Wildman–Crippen LogP) is 3.95. The van der Waals surface area contributed by atoms with E-state index in [0.29, 0.717) is 6.42 Å². The summed E-state index contributed by atoms with van der Waals surface area (Å²) >= 11 is 1.55. The number of aromatic nitrogens is 1. The molecule has 2 heterocycles. The average Bonchev–Trinajstić information content (AvgIpc) is 3.28. The van der Waals surface area contributed by atoms with Crippen molar-refractivity contribution in [1.82, 2.24) is 4.98 Å². The Balaban J connectivity index is 1.51. The first-order chi connectivity index (χ1) is 12.2. The highest BCUT2D eigenvalue weighted by molar-refractivity contribution is 7.13. The topological polar surface area (TPSA) is 42.4 Å². The van der Waals surface area contributed by atoms with Crippen molar-refractivity contribution in [3.8, 4) is 16.3 Å². The van der Waals surface area contributed by atoms with Crippen LogP contribution in [0.25, 0.3) is 10.6 Å². The smallest absolute Gasteiger partial charge is 0.233 e. The normalized spacial score (nSPS) is 12.9. The summed E-state index contributed by atoms with van der Waals surface area (Å²) in [6.07, 6.45) is 1.25. The number of para-hydroxylation sites is 1. The minimum atomic E-state index is 0.104. The Bertz CT molecular complexity index is 919. The molecule has 4 rings (SSSR count). The molecule has 0 aliphatic carbocycles. The zero-order valence-corrected chi connectivity index (χ0v) is 14.8. The molecular weight excluding hydrogens is 332 g/mol. The van der Waals surface area contributed by atoms with E-state index in [4.69, 9.17) is 4.74 Å². The third kappa shape index (κ3) is 3.15. The van der Waals surface area contributed by atoms with E-state index in [1.165, 1.54) is 5.56 Å². The lowest BCUT2D eigenvalue weighted by molar-refractivity contribution is -0.117. The fourth-order valence-electron chi connectivity index (χ4n) is 3.12. The summed E-state index contributed by atoms with van der Waals surface area (Å²) in [4.78, 5) is 19.2. The standard InChI is InChI=1S/C20H18N2O2S/c1-24-17-7-4-6-15(11-17)20-21-16(13-25-20)12-19(23)22-10-9-14-5-2-3-8-18(14)22/h2-8,11,13H,9-10,12H2,1H3. The predicted molar refractivity (Wildman–Crippen MR) is 100 cm³/mol. The molecule has 5 heteroatoms. The molecule has 4 nitrogen and oxygen atoms in total. The van der Waals surface area contributed by atoms with Gasteiger partial charge in [0, 0.05) is 23.2 Å². The van der Waals surface area contributed by atoms with Gasteiger partial charge in [-0.3, -0.25) is 4.79 Å². The summed E-state index contributed by atoms with van der Waals surface area (Å²) in [6, 6.07) is 15.9. The van der Waals surface area contributed by atoms with E-state index in [0.717, 1.165) is 40.7 Å². The third-order valence-corrected chi connectivity index (χ3v) is 5.33. The zero-order chi connectivity index (χ0) is 17.2. The second kappa shape index (κ2) is 6.69. The lowest BCUT2D eigenvalue weighted by Gasteiger charge is -2.16. The van der Waals surface area contributed by atoms with Crippen LogP contribution in [0.15, 0.2) is 53.9 Å². The molecule has 2 aromatic carbocycles. The van der Waals surface area contributed by atoms with Gasteiger partial charge in [-0.05, 0) is 30.2 Å². The van der Waals surface area contributed by atoms with Crippen molar-refractivity contribution >= 4 is 22.9 Å². The molecule has 0 saturated carbocycles. The molecule has 25 heavy (non-hydrogen) atoms. The summed E-state index contributed by atoms with van der Waals surface area (Å²) in [6.45, 7) is 0.755. The molecule has 0 atom stereocenters. The zero-order valence-electron chi connectivity index (χ0n) is 13.9. The van der Waals surface area contributed by atoms with E-state index >= 15 is 0 Å². The van der Waals surface area contributed by atoms with Gasteiger partial charge in [0.25, 0.3) is 0 Å². The summed E-state index contributed by atoms with van der Waals surface area (Å²) in [5.41, 5.74) is 4.11. The number of amides is 1. The number of fused-ring (bicyclic) bond motifs is 1. The van der Waals surface area contributed by atoms with Crippen LogP contribution >= 0.6 is 11.3 Å². The van der Waals surface area contributed by atoms with Crippen molar-refractivity contribution < 1.29 is 9.53 Å². The van der Waals surface area contributed by atoms with E-state index in [-0.39, 0.29) is 5.91 Å². The Kier molecular flexibility index (Phi) is 4.24. The van der Waals surface area contributed by atoms with E-state index in [9.17, 15) is 4.79 Å². The fourth-order valence-corrected chi connectivity index (χ4v) is 3.94. The Morgan fingerprint density at radius 2 is 2.12 bits per heavy atom. The number of benzene rings is 2. The number of methoxy groups -OCH3 is 1. The van der Waals surface area contributed by atoms with Crippen LogP contribution in [0.3, 0.4) is 0 Å². The van der Waals surface area contributed by atoms with Gasteiger partial charge in [0.05, 0.1) is 19.2 Å². The first-order valence-electron chi connectivity index (χ1n) is 8.22. The van der Waals surface area contributed by atoms with E-state index in [2.05, 4.69) is 11.1 Å². The Morgan fingerprint density at radius 3 is 3.00 bits per heavy atom. The minimum Gasteiger partial charge on any atom is -0.497 e. The molecule has 0 N–H and O–H groups in total. The maximum Gasteiger partial charge on any atom is 0.233 e. The number of rotatable bonds is 4. The molecule has 0 saturated heterocycles. The van der Waals surface area contributed by atoms with Crippen molar-refractivity contribution in [1.29, 1.82) is 0 Å². The molecule has 0 bridgehead atoms. The van der Waals surface area contributed by atoms with Gasteiger partial charge in [-0.2, -0.15) is 0 Å². The second-order valence-electron chi connectivity index (χ2n) is 5.98.